The van der Waals surface area contributed by atoms with Crippen molar-refractivity contribution < 1.29 is 14.0 Å². The first-order valence-corrected chi connectivity index (χ1v) is 7.87. The fraction of sp³-hybridized carbons (Fsp3) is 0.235. The lowest BCUT2D eigenvalue weighted by Crippen LogP contribution is -2.50. The molecule has 0 N–H and O–H groups in total. The summed E-state index contributed by atoms with van der Waals surface area (Å²) in [7, 11) is 0. The second kappa shape index (κ2) is 6.97. The number of benzene rings is 1. The molecule has 1 aliphatic rings. The normalized spacial score (nSPS) is 14.6. The fourth-order valence-electron chi connectivity index (χ4n) is 2.62. The van der Waals surface area contributed by atoms with E-state index in [1.54, 1.807) is 34.3 Å². The van der Waals surface area contributed by atoms with Gasteiger partial charge in [-0.15, -0.1) is 0 Å². The Kier molecular flexibility index (Phi) is 4.76. The van der Waals surface area contributed by atoms with Crippen LogP contribution in [0.1, 0.15) is 20.7 Å². The van der Waals surface area contributed by atoms with Crippen LogP contribution in [-0.2, 0) is 0 Å². The van der Waals surface area contributed by atoms with Crippen molar-refractivity contribution in [2.24, 2.45) is 0 Å². The van der Waals surface area contributed by atoms with E-state index in [1.165, 1.54) is 12.1 Å². The molecule has 7 heteroatoms. The summed E-state index contributed by atoms with van der Waals surface area (Å²) in [5.41, 5.74) is 0.557. The zero-order valence-electron chi connectivity index (χ0n) is 12.8. The van der Waals surface area contributed by atoms with Crippen LogP contribution in [-0.4, -0.2) is 52.8 Å². The molecule has 2 aromatic rings. The standard InChI is InChI=1S/C17H15ClFN3O2/c18-13-1-2-14(15(19)11-13)17(24)22-9-7-21(8-10-22)16(23)12-3-5-20-6-4-12/h1-6,11H,7-10H2. The Balaban J connectivity index is 1.64. The number of carbonyl (C=O) groups excluding carboxylic acids is 2. The van der Waals surface area contributed by atoms with Crippen molar-refractivity contribution in [3.63, 3.8) is 0 Å². The van der Waals surface area contributed by atoms with E-state index in [1.807, 2.05) is 0 Å². The van der Waals surface area contributed by atoms with E-state index < -0.39 is 5.82 Å². The van der Waals surface area contributed by atoms with Crippen molar-refractivity contribution in [3.8, 4) is 0 Å². The highest BCUT2D eigenvalue weighted by Gasteiger charge is 2.26. The molecule has 1 aliphatic heterocycles. The van der Waals surface area contributed by atoms with Gasteiger partial charge in [-0.25, -0.2) is 4.39 Å². The summed E-state index contributed by atoms with van der Waals surface area (Å²) in [4.78, 5) is 31.9. The van der Waals surface area contributed by atoms with Crippen LogP contribution in [0.25, 0.3) is 0 Å². The second-order valence-electron chi connectivity index (χ2n) is 5.44. The summed E-state index contributed by atoms with van der Waals surface area (Å²) in [5.74, 6) is -1.12. The van der Waals surface area contributed by atoms with Crippen molar-refractivity contribution in [1.29, 1.82) is 0 Å². The number of nitrogens with zero attached hydrogens (tertiary/aromatic N) is 3. The average molecular weight is 348 g/mol. The molecule has 0 spiro atoms. The maximum absolute atomic E-state index is 13.9. The van der Waals surface area contributed by atoms with Gasteiger partial charge in [0.2, 0.25) is 0 Å². The minimum absolute atomic E-state index is 0.00619. The first-order chi connectivity index (χ1) is 11.6. The van der Waals surface area contributed by atoms with Crippen LogP contribution in [0.4, 0.5) is 4.39 Å². The van der Waals surface area contributed by atoms with Crippen LogP contribution in [0.3, 0.4) is 0 Å². The molecular weight excluding hydrogens is 333 g/mol. The molecule has 1 aromatic carbocycles. The first kappa shape index (κ1) is 16.4. The molecule has 1 fully saturated rings. The van der Waals surface area contributed by atoms with Gasteiger partial charge in [-0.1, -0.05) is 11.6 Å². The van der Waals surface area contributed by atoms with Crippen LogP contribution >= 0.6 is 11.6 Å². The third-order valence-corrected chi connectivity index (χ3v) is 4.18. The van der Waals surface area contributed by atoms with Crippen LogP contribution in [0.15, 0.2) is 42.7 Å². The monoisotopic (exact) mass is 347 g/mol. The Morgan fingerprint density at radius 3 is 2.12 bits per heavy atom. The predicted octanol–water partition coefficient (Wildman–Crippen LogP) is 2.47. The lowest BCUT2D eigenvalue weighted by Gasteiger charge is -2.34. The second-order valence-corrected chi connectivity index (χ2v) is 5.88. The molecule has 0 bridgehead atoms. The van der Waals surface area contributed by atoms with Gasteiger partial charge < -0.3 is 9.80 Å². The number of amides is 2. The van der Waals surface area contributed by atoms with E-state index in [-0.39, 0.29) is 22.4 Å². The van der Waals surface area contributed by atoms with Crippen LogP contribution in [0.5, 0.6) is 0 Å². The van der Waals surface area contributed by atoms with Gasteiger partial charge in [0.15, 0.2) is 0 Å². The minimum Gasteiger partial charge on any atom is -0.335 e. The van der Waals surface area contributed by atoms with E-state index in [4.69, 9.17) is 11.6 Å². The Morgan fingerprint density at radius 2 is 1.54 bits per heavy atom. The van der Waals surface area contributed by atoms with Crippen molar-refractivity contribution in [2.45, 2.75) is 0 Å². The quantitative estimate of drug-likeness (QED) is 0.838. The summed E-state index contributed by atoms with van der Waals surface area (Å²) in [6, 6.07) is 7.31. The summed E-state index contributed by atoms with van der Waals surface area (Å²) >= 11 is 5.71. The van der Waals surface area contributed by atoms with Gasteiger partial charge >= 0.3 is 0 Å². The third kappa shape index (κ3) is 3.38. The molecule has 1 saturated heterocycles. The van der Waals surface area contributed by atoms with E-state index in [2.05, 4.69) is 4.98 Å². The lowest BCUT2D eigenvalue weighted by molar-refractivity contribution is 0.0532. The lowest BCUT2D eigenvalue weighted by atomic mass is 10.1. The molecule has 24 heavy (non-hydrogen) atoms. The number of rotatable bonds is 2. The average Bonchev–Trinajstić information content (AvgIpc) is 2.61. The number of hydrogen-bond acceptors (Lipinski definition) is 3. The minimum atomic E-state index is -0.636. The zero-order valence-corrected chi connectivity index (χ0v) is 13.5. The van der Waals surface area contributed by atoms with Gasteiger partial charge in [0, 0.05) is 49.2 Å². The van der Waals surface area contributed by atoms with Crippen molar-refractivity contribution in [1.82, 2.24) is 14.8 Å². The van der Waals surface area contributed by atoms with E-state index in [0.717, 1.165) is 6.07 Å². The molecule has 3 rings (SSSR count). The van der Waals surface area contributed by atoms with Gasteiger partial charge in [0.1, 0.15) is 5.82 Å². The highest BCUT2D eigenvalue weighted by atomic mass is 35.5. The van der Waals surface area contributed by atoms with Crippen molar-refractivity contribution >= 4 is 23.4 Å². The number of halogens is 2. The summed E-state index contributed by atoms with van der Waals surface area (Å²) < 4.78 is 13.9. The van der Waals surface area contributed by atoms with E-state index in [0.29, 0.717) is 31.7 Å². The summed E-state index contributed by atoms with van der Waals surface area (Å²) in [6.45, 7) is 1.53. The fourth-order valence-corrected chi connectivity index (χ4v) is 2.78. The highest BCUT2D eigenvalue weighted by Crippen LogP contribution is 2.17. The Bertz CT molecular complexity index is 762. The van der Waals surface area contributed by atoms with Gasteiger partial charge in [0.25, 0.3) is 11.8 Å². The van der Waals surface area contributed by atoms with Gasteiger partial charge in [0.05, 0.1) is 5.56 Å². The maximum Gasteiger partial charge on any atom is 0.256 e. The van der Waals surface area contributed by atoms with Gasteiger partial charge in [-0.05, 0) is 30.3 Å². The molecule has 0 unspecified atom stereocenters. The molecule has 5 nitrogen and oxygen atoms in total. The zero-order chi connectivity index (χ0) is 17.1. The molecule has 0 radical (unpaired) electrons. The van der Waals surface area contributed by atoms with Gasteiger partial charge in [-0.2, -0.15) is 0 Å². The van der Waals surface area contributed by atoms with Gasteiger partial charge in [-0.3, -0.25) is 14.6 Å². The maximum atomic E-state index is 13.9. The number of carbonyl (C=O) groups is 2. The van der Waals surface area contributed by atoms with Crippen LogP contribution in [0.2, 0.25) is 5.02 Å². The Labute approximate surface area is 143 Å². The molecule has 2 amide bonds. The van der Waals surface area contributed by atoms with E-state index in [9.17, 15) is 14.0 Å². The highest BCUT2D eigenvalue weighted by molar-refractivity contribution is 6.30. The third-order valence-electron chi connectivity index (χ3n) is 3.94. The SMILES string of the molecule is O=C(c1ccncc1)N1CCN(C(=O)c2ccc(Cl)cc2F)CC1. The summed E-state index contributed by atoms with van der Waals surface area (Å²) in [6.07, 6.45) is 3.13. The van der Waals surface area contributed by atoms with E-state index >= 15 is 0 Å². The summed E-state index contributed by atoms with van der Waals surface area (Å²) in [5, 5.41) is 0.247. The number of pyridine rings is 1. The van der Waals surface area contributed by atoms with Crippen LogP contribution < -0.4 is 0 Å². The predicted molar refractivity (Wildman–Crippen MR) is 87.5 cm³/mol. The molecule has 0 saturated carbocycles. The molecule has 0 aliphatic carbocycles. The molecule has 124 valence electrons. The Hall–Kier alpha value is -2.47. The number of aromatic nitrogens is 1. The number of piperazine rings is 1. The number of hydrogen-bond donors (Lipinski definition) is 0. The molecule has 1 aromatic heterocycles. The Morgan fingerprint density at radius 1 is 0.958 bits per heavy atom. The molecular formula is C17H15ClFN3O2. The molecule has 2 heterocycles. The molecule has 0 atom stereocenters. The first-order valence-electron chi connectivity index (χ1n) is 7.50. The smallest absolute Gasteiger partial charge is 0.256 e. The largest absolute Gasteiger partial charge is 0.335 e. The van der Waals surface area contributed by atoms with Crippen LogP contribution in [0, 0.1) is 5.82 Å². The topological polar surface area (TPSA) is 53.5 Å². The van der Waals surface area contributed by atoms with Crippen molar-refractivity contribution in [2.75, 3.05) is 26.2 Å². The van der Waals surface area contributed by atoms with Crippen molar-refractivity contribution in [3.05, 3.63) is 64.7 Å².